The Hall–Kier alpha value is -0.900. The van der Waals surface area contributed by atoms with Gasteiger partial charge in [-0.2, -0.15) is 0 Å². The lowest BCUT2D eigenvalue weighted by Gasteiger charge is -2.15. The quantitative estimate of drug-likeness (QED) is 0.869. The second-order valence-corrected chi connectivity index (χ2v) is 5.74. The van der Waals surface area contributed by atoms with Crippen LogP contribution >= 0.6 is 15.9 Å². The number of benzene rings is 1. The number of amides is 1. The Morgan fingerprint density at radius 1 is 1.33 bits per heavy atom. The van der Waals surface area contributed by atoms with E-state index in [1.165, 1.54) is 12.1 Å². The Bertz CT molecular complexity index is 420. The Morgan fingerprint density at radius 2 is 2.00 bits per heavy atom. The van der Waals surface area contributed by atoms with Crippen LogP contribution in [0.15, 0.2) is 22.7 Å². The second-order valence-electron chi connectivity index (χ2n) is 4.95. The number of hydrogen-bond acceptors (Lipinski definition) is 1. The molecule has 0 spiro atoms. The molecule has 18 heavy (non-hydrogen) atoms. The number of halogens is 2. The summed E-state index contributed by atoms with van der Waals surface area (Å²) < 4.78 is 13.5. The van der Waals surface area contributed by atoms with Crippen LogP contribution in [0.5, 0.6) is 0 Å². The molecule has 0 aliphatic carbocycles. The molecule has 0 bridgehead atoms. The summed E-state index contributed by atoms with van der Waals surface area (Å²) in [7, 11) is 0. The first-order valence-electron chi connectivity index (χ1n) is 6.16. The van der Waals surface area contributed by atoms with E-state index in [2.05, 4.69) is 35.1 Å². The van der Waals surface area contributed by atoms with Crippen LogP contribution in [-0.2, 0) is 0 Å². The molecule has 0 saturated carbocycles. The molecule has 0 radical (unpaired) electrons. The molecule has 1 atom stereocenters. The third-order valence-corrected chi connectivity index (χ3v) is 3.56. The van der Waals surface area contributed by atoms with Crippen molar-refractivity contribution in [3.05, 3.63) is 34.1 Å². The summed E-state index contributed by atoms with van der Waals surface area (Å²) >= 11 is 3.10. The molecular formula is C14H19BrFNO. The summed E-state index contributed by atoms with van der Waals surface area (Å²) in [5.41, 5.74) is 0.339. The van der Waals surface area contributed by atoms with Crippen LogP contribution in [0.3, 0.4) is 0 Å². The molecule has 100 valence electrons. The molecule has 0 saturated heterocycles. The van der Waals surface area contributed by atoms with Crippen molar-refractivity contribution in [2.75, 3.05) is 0 Å². The van der Waals surface area contributed by atoms with E-state index in [-0.39, 0.29) is 16.4 Å². The molecule has 0 aromatic heterocycles. The Kier molecular flexibility index (Phi) is 5.79. The zero-order chi connectivity index (χ0) is 13.7. The lowest BCUT2D eigenvalue weighted by atomic mass is 10.0. The fourth-order valence-electron chi connectivity index (χ4n) is 1.64. The topological polar surface area (TPSA) is 29.1 Å². The molecule has 0 fully saturated rings. The largest absolute Gasteiger partial charge is 0.350 e. The predicted molar refractivity (Wildman–Crippen MR) is 75.1 cm³/mol. The third-order valence-electron chi connectivity index (χ3n) is 2.75. The second kappa shape index (κ2) is 6.88. The smallest absolute Gasteiger partial charge is 0.252 e. The van der Waals surface area contributed by atoms with Crippen LogP contribution in [-0.4, -0.2) is 11.9 Å². The molecule has 1 N–H and O–H groups in total. The molecule has 0 aliphatic rings. The van der Waals surface area contributed by atoms with Crippen LogP contribution in [0.2, 0.25) is 0 Å². The van der Waals surface area contributed by atoms with Crippen LogP contribution in [0.1, 0.15) is 44.0 Å². The summed E-state index contributed by atoms with van der Waals surface area (Å²) in [6.07, 6.45) is 1.99. The molecule has 0 heterocycles. The van der Waals surface area contributed by atoms with Gasteiger partial charge in [0.25, 0.3) is 5.91 Å². The summed E-state index contributed by atoms with van der Waals surface area (Å²) in [5.74, 6) is -0.0413. The molecule has 4 heteroatoms. The summed E-state index contributed by atoms with van der Waals surface area (Å²) in [6.45, 7) is 6.27. The van der Waals surface area contributed by atoms with Crippen molar-refractivity contribution >= 4 is 21.8 Å². The highest BCUT2D eigenvalue weighted by Crippen LogP contribution is 2.20. The average Bonchev–Trinajstić information content (AvgIpc) is 2.30. The van der Waals surface area contributed by atoms with Gasteiger partial charge in [0.05, 0.1) is 10.0 Å². The fraction of sp³-hybridized carbons (Fsp3) is 0.500. The first-order valence-corrected chi connectivity index (χ1v) is 6.96. The number of hydrogen-bond donors (Lipinski definition) is 1. The van der Waals surface area contributed by atoms with Crippen molar-refractivity contribution in [1.82, 2.24) is 5.32 Å². The van der Waals surface area contributed by atoms with Gasteiger partial charge in [0.15, 0.2) is 0 Å². The van der Waals surface area contributed by atoms with Crippen molar-refractivity contribution in [3.8, 4) is 0 Å². The van der Waals surface area contributed by atoms with Crippen molar-refractivity contribution in [1.29, 1.82) is 0 Å². The number of carbonyl (C=O) groups is 1. The molecule has 1 amide bonds. The monoisotopic (exact) mass is 315 g/mol. The SMILES string of the molecule is CC(C)CCC(C)NC(=O)c1cccc(F)c1Br. The minimum absolute atomic E-state index is 0.0927. The zero-order valence-corrected chi connectivity index (χ0v) is 12.6. The minimum Gasteiger partial charge on any atom is -0.350 e. The number of carbonyl (C=O) groups excluding carboxylic acids is 1. The highest BCUT2D eigenvalue weighted by Gasteiger charge is 2.15. The number of rotatable bonds is 5. The van der Waals surface area contributed by atoms with E-state index in [4.69, 9.17) is 0 Å². The first kappa shape index (κ1) is 15.2. The van der Waals surface area contributed by atoms with Gasteiger partial charge in [-0.25, -0.2) is 4.39 Å². The Morgan fingerprint density at radius 3 is 2.61 bits per heavy atom. The molecule has 1 rings (SSSR count). The number of nitrogens with one attached hydrogen (secondary N) is 1. The highest BCUT2D eigenvalue weighted by molar-refractivity contribution is 9.10. The van der Waals surface area contributed by atoms with Gasteiger partial charge in [-0.1, -0.05) is 19.9 Å². The van der Waals surface area contributed by atoms with Gasteiger partial charge >= 0.3 is 0 Å². The van der Waals surface area contributed by atoms with Gasteiger partial charge < -0.3 is 5.32 Å². The van der Waals surface area contributed by atoms with Crippen LogP contribution in [0.4, 0.5) is 4.39 Å². The predicted octanol–water partition coefficient (Wildman–Crippen LogP) is 4.14. The van der Waals surface area contributed by atoms with Gasteiger partial charge in [-0.05, 0) is 53.7 Å². The van der Waals surface area contributed by atoms with E-state index in [0.717, 1.165) is 12.8 Å². The van der Waals surface area contributed by atoms with Gasteiger partial charge in [0.1, 0.15) is 5.82 Å². The van der Waals surface area contributed by atoms with E-state index in [0.29, 0.717) is 11.5 Å². The minimum atomic E-state index is -0.419. The van der Waals surface area contributed by atoms with Crippen LogP contribution in [0, 0.1) is 11.7 Å². The van der Waals surface area contributed by atoms with Crippen LogP contribution in [0.25, 0.3) is 0 Å². The highest BCUT2D eigenvalue weighted by atomic mass is 79.9. The fourth-order valence-corrected chi connectivity index (χ4v) is 2.08. The molecule has 1 aromatic rings. The summed E-state index contributed by atoms with van der Waals surface area (Å²) in [5, 5.41) is 2.88. The standard InChI is InChI=1S/C14H19BrFNO/c1-9(2)7-8-10(3)17-14(18)11-5-4-6-12(16)13(11)15/h4-6,9-10H,7-8H2,1-3H3,(H,17,18). The molecule has 0 aliphatic heterocycles. The van der Waals surface area contributed by atoms with Gasteiger partial charge in [0.2, 0.25) is 0 Å². The van der Waals surface area contributed by atoms with Crippen molar-refractivity contribution in [2.45, 2.75) is 39.7 Å². The summed E-state index contributed by atoms with van der Waals surface area (Å²) in [6, 6.07) is 4.56. The molecule has 2 nitrogen and oxygen atoms in total. The Balaban J connectivity index is 2.62. The van der Waals surface area contributed by atoms with E-state index in [1.54, 1.807) is 6.07 Å². The van der Waals surface area contributed by atoms with E-state index < -0.39 is 5.82 Å². The third kappa shape index (κ3) is 4.41. The van der Waals surface area contributed by atoms with Crippen molar-refractivity contribution in [2.24, 2.45) is 5.92 Å². The Labute approximate surface area is 116 Å². The molecule has 1 unspecified atom stereocenters. The maximum Gasteiger partial charge on any atom is 0.252 e. The van der Waals surface area contributed by atoms with Gasteiger partial charge in [-0.3, -0.25) is 4.79 Å². The maximum atomic E-state index is 13.3. The van der Waals surface area contributed by atoms with E-state index in [9.17, 15) is 9.18 Å². The summed E-state index contributed by atoms with van der Waals surface area (Å²) in [4.78, 5) is 12.0. The van der Waals surface area contributed by atoms with Crippen molar-refractivity contribution < 1.29 is 9.18 Å². The average molecular weight is 316 g/mol. The normalized spacial score (nSPS) is 12.6. The molecule has 1 aromatic carbocycles. The lowest BCUT2D eigenvalue weighted by molar-refractivity contribution is 0.0936. The van der Waals surface area contributed by atoms with E-state index in [1.807, 2.05) is 6.92 Å². The van der Waals surface area contributed by atoms with Gasteiger partial charge in [0, 0.05) is 6.04 Å². The lowest BCUT2D eigenvalue weighted by Crippen LogP contribution is -2.33. The zero-order valence-electron chi connectivity index (χ0n) is 11.0. The van der Waals surface area contributed by atoms with Crippen molar-refractivity contribution in [3.63, 3.8) is 0 Å². The van der Waals surface area contributed by atoms with Gasteiger partial charge in [-0.15, -0.1) is 0 Å². The molecular weight excluding hydrogens is 297 g/mol. The maximum absolute atomic E-state index is 13.3. The van der Waals surface area contributed by atoms with E-state index >= 15 is 0 Å². The first-order chi connectivity index (χ1) is 8.41. The van der Waals surface area contributed by atoms with Crippen LogP contribution < -0.4 is 5.32 Å².